The predicted octanol–water partition coefficient (Wildman–Crippen LogP) is 8.02. The van der Waals surface area contributed by atoms with E-state index in [0.717, 1.165) is 11.3 Å². The molecule has 0 radical (unpaired) electrons. The fraction of sp³-hybridized carbons (Fsp3) is 0.633. The topological polar surface area (TPSA) is 54.0 Å². The van der Waals surface area contributed by atoms with Crippen molar-refractivity contribution in [1.82, 2.24) is 0 Å². The molecule has 1 aromatic carbocycles. The van der Waals surface area contributed by atoms with Crippen molar-refractivity contribution in [3.05, 3.63) is 53.9 Å². The number of ether oxygens (including phenoxy) is 3. The van der Waals surface area contributed by atoms with Gasteiger partial charge in [-0.2, -0.15) is 0 Å². The summed E-state index contributed by atoms with van der Waals surface area (Å²) in [7, 11) is -0.365. The SMILES string of the molecule is COc1ccc(CO[C@@H](/C=C\CCOC(=O)C(C)(C)C)/C(F)=C\[C@@H](C)[C@H](C)O[Si](C)(C)C(C)(C)C)cc1. The van der Waals surface area contributed by atoms with E-state index in [9.17, 15) is 4.79 Å². The Morgan fingerprint density at radius 3 is 2.16 bits per heavy atom. The Hall–Kier alpha value is -1.96. The Morgan fingerprint density at radius 1 is 1.05 bits per heavy atom. The number of esters is 1. The molecule has 3 atom stereocenters. The van der Waals surface area contributed by atoms with Crippen LogP contribution in [0, 0.1) is 11.3 Å². The number of hydrogen-bond acceptors (Lipinski definition) is 5. The molecular weight excluding hydrogens is 487 g/mol. The van der Waals surface area contributed by atoms with Crippen molar-refractivity contribution in [2.24, 2.45) is 11.3 Å². The van der Waals surface area contributed by atoms with Crippen LogP contribution in [0.2, 0.25) is 18.1 Å². The van der Waals surface area contributed by atoms with E-state index in [0.29, 0.717) is 6.42 Å². The van der Waals surface area contributed by atoms with E-state index in [1.807, 2.05) is 58.9 Å². The largest absolute Gasteiger partial charge is 0.497 e. The van der Waals surface area contributed by atoms with Gasteiger partial charge in [0.2, 0.25) is 0 Å². The minimum Gasteiger partial charge on any atom is -0.497 e. The van der Waals surface area contributed by atoms with Gasteiger partial charge in [0.1, 0.15) is 17.7 Å². The van der Waals surface area contributed by atoms with E-state index in [1.165, 1.54) is 0 Å². The molecule has 0 aliphatic carbocycles. The first-order valence-electron chi connectivity index (χ1n) is 13.1. The van der Waals surface area contributed by atoms with Crippen LogP contribution in [0.1, 0.15) is 67.4 Å². The van der Waals surface area contributed by atoms with Crippen molar-refractivity contribution in [3.8, 4) is 5.75 Å². The van der Waals surface area contributed by atoms with Gasteiger partial charge in [0.05, 0.1) is 25.7 Å². The highest BCUT2D eigenvalue weighted by Crippen LogP contribution is 2.38. The summed E-state index contributed by atoms with van der Waals surface area (Å²) >= 11 is 0. The molecule has 0 fully saturated rings. The van der Waals surface area contributed by atoms with Crippen LogP contribution < -0.4 is 4.74 Å². The van der Waals surface area contributed by atoms with Crippen molar-refractivity contribution in [2.75, 3.05) is 13.7 Å². The first kappa shape index (κ1) is 33.1. The highest BCUT2D eigenvalue weighted by Gasteiger charge is 2.39. The highest BCUT2D eigenvalue weighted by molar-refractivity contribution is 6.74. The van der Waals surface area contributed by atoms with Gasteiger partial charge in [-0.1, -0.05) is 52.0 Å². The molecule has 0 aliphatic heterocycles. The molecule has 5 nitrogen and oxygen atoms in total. The van der Waals surface area contributed by atoms with Gasteiger partial charge in [-0.05, 0) is 76.0 Å². The molecule has 0 saturated heterocycles. The van der Waals surface area contributed by atoms with Gasteiger partial charge >= 0.3 is 5.97 Å². The normalized spacial score (nSPS) is 15.9. The van der Waals surface area contributed by atoms with E-state index >= 15 is 4.39 Å². The van der Waals surface area contributed by atoms with Gasteiger partial charge < -0.3 is 18.6 Å². The number of rotatable bonds is 13. The molecular formula is C30H49FO5Si. The van der Waals surface area contributed by atoms with Crippen molar-refractivity contribution in [2.45, 2.75) is 98.8 Å². The molecule has 0 saturated carbocycles. The van der Waals surface area contributed by atoms with Crippen LogP contribution in [0.5, 0.6) is 5.75 Å². The summed E-state index contributed by atoms with van der Waals surface area (Å²) in [4.78, 5) is 12.0. The third kappa shape index (κ3) is 11.5. The predicted molar refractivity (Wildman–Crippen MR) is 152 cm³/mol. The number of carbonyl (C=O) groups excluding carboxylic acids is 1. The zero-order valence-electron chi connectivity index (χ0n) is 24.8. The zero-order valence-corrected chi connectivity index (χ0v) is 25.8. The molecule has 0 heterocycles. The molecule has 37 heavy (non-hydrogen) atoms. The number of carbonyl (C=O) groups is 1. The van der Waals surface area contributed by atoms with E-state index in [-0.39, 0.29) is 42.1 Å². The lowest BCUT2D eigenvalue weighted by molar-refractivity contribution is -0.152. The lowest BCUT2D eigenvalue weighted by atomic mass is 9.97. The third-order valence-electron chi connectivity index (χ3n) is 6.75. The molecule has 0 bridgehead atoms. The minimum atomic E-state index is -1.98. The summed E-state index contributed by atoms with van der Waals surface area (Å²) in [5.74, 6) is -0.0126. The monoisotopic (exact) mass is 536 g/mol. The van der Waals surface area contributed by atoms with Crippen molar-refractivity contribution < 1.29 is 27.8 Å². The van der Waals surface area contributed by atoms with Gasteiger partial charge in [-0.25, -0.2) is 4.39 Å². The first-order chi connectivity index (χ1) is 17.0. The Kier molecular flexibility index (Phi) is 12.7. The zero-order chi connectivity index (χ0) is 28.4. The Morgan fingerprint density at radius 2 is 1.65 bits per heavy atom. The number of hydrogen-bond donors (Lipinski definition) is 0. The average Bonchev–Trinajstić information content (AvgIpc) is 2.79. The number of methoxy groups -OCH3 is 1. The standard InChI is InChI=1S/C30H49FO5Si/c1-22(23(2)36-37(10,11)30(6,7)8)20-26(31)27(14-12-13-19-34-28(32)29(3,4)5)35-21-24-15-17-25(33-9)18-16-24/h12,14-18,20,22-23,27H,13,19,21H2,1-11H3/b14-12-,26-20+/t22-,23+,27+/m1/s1. The Labute approximate surface area is 225 Å². The second-order valence-corrected chi connectivity index (χ2v) is 16.9. The van der Waals surface area contributed by atoms with Crippen molar-refractivity contribution in [1.29, 1.82) is 0 Å². The van der Waals surface area contributed by atoms with Gasteiger partial charge in [-0.15, -0.1) is 0 Å². The maximum Gasteiger partial charge on any atom is 0.311 e. The van der Waals surface area contributed by atoms with Gasteiger partial charge in [-0.3, -0.25) is 4.79 Å². The first-order valence-corrected chi connectivity index (χ1v) is 16.0. The Balaban J connectivity index is 2.94. The maximum atomic E-state index is 15.5. The van der Waals surface area contributed by atoms with Crippen LogP contribution in [-0.4, -0.2) is 40.2 Å². The summed E-state index contributed by atoms with van der Waals surface area (Å²) in [5.41, 5.74) is 0.357. The molecule has 210 valence electrons. The second-order valence-electron chi connectivity index (χ2n) is 12.2. The molecule has 1 rings (SSSR count). The number of benzene rings is 1. The van der Waals surface area contributed by atoms with E-state index < -0.39 is 19.8 Å². The van der Waals surface area contributed by atoms with Crippen LogP contribution in [0.4, 0.5) is 4.39 Å². The molecule has 0 N–H and O–H groups in total. The number of halogens is 1. The maximum absolute atomic E-state index is 15.5. The molecule has 0 aromatic heterocycles. The molecule has 0 spiro atoms. The summed E-state index contributed by atoms with van der Waals surface area (Å²) in [6, 6.07) is 7.48. The molecule has 1 aromatic rings. The summed E-state index contributed by atoms with van der Waals surface area (Å²) in [6.45, 7) is 20.9. The van der Waals surface area contributed by atoms with Gasteiger partial charge in [0, 0.05) is 12.0 Å². The fourth-order valence-electron chi connectivity index (χ4n) is 3.02. The fourth-order valence-corrected chi connectivity index (χ4v) is 4.52. The average molecular weight is 537 g/mol. The highest BCUT2D eigenvalue weighted by atomic mass is 28.4. The van der Waals surface area contributed by atoms with E-state index in [1.54, 1.807) is 25.3 Å². The van der Waals surface area contributed by atoms with Gasteiger partial charge in [0.25, 0.3) is 0 Å². The lowest BCUT2D eigenvalue weighted by Gasteiger charge is -2.39. The quantitative estimate of drug-likeness (QED) is 0.111. The van der Waals surface area contributed by atoms with Crippen LogP contribution in [0.3, 0.4) is 0 Å². The summed E-state index contributed by atoms with van der Waals surface area (Å²) in [6.07, 6.45) is 4.56. The summed E-state index contributed by atoms with van der Waals surface area (Å²) < 4.78 is 38.4. The lowest BCUT2D eigenvalue weighted by Crippen LogP contribution is -2.44. The smallest absolute Gasteiger partial charge is 0.311 e. The molecule has 0 aliphatic rings. The Bertz CT molecular complexity index is 894. The third-order valence-corrected chi connectivity index (χ3v) is 11.3. The van der Waals surface area contributed by atoms with Crippen molar-refractivity contribution >= 4 is 14.3 Å². The van der Waals surface area contributed by atoms with E-state index in [2.05, 4.69) is 33.9 Å². The van der Waals surface area contributed by atoms with Crippen molar-refractivity contribution in [3.63, 3.8) is 0 Å². The summed E-state index contributed by atoms with van der Waals surface area (Å²) in [5, 5.41) is 0.0758. The van der Waals surface area contributed by atoms with Crippen LogP contribution in [0.15, 0.2) is 48.3 Å². The van der Waals surface area contributed by atoms with Crippen LogP contribution >= 0.6 is 0 Å². The molecule has 7 heteroatoms. The second kappa shape index (κ2) is 14.3. The molecule has 0 unspecified atom stereocenters. The van der Waals surface area contributed by atoms with Gasteiger partial charge in [0.15, 0.2) is 8.32 Å². The van der Waals surface area contributed by atoms with Crippen LogP contribution in [-0.2, 0) is 25.3 Å². The minimum absolute atomic E-state index is 0.0758. The van der Waals surface area contributed by atoms with E-state index in [4.69, 9.17) is 18.6 Å². The van der Waals surface area contributed by atoms with Crippen LogP contribution in [0.25, 0.3) is 0 Å². The molecule has 0 amide bonds.